The highest BCUT2D eigenvalue weighted by atomic mass is 127. The van der Waals surface area contributed by atoms with Crippen LogP contribution in [0, 0.1) is 11.8 Å². The fourth-order valence-electron chi connectivity index (χ4n) is 4.43. The Hall–Kier alpha value is -1.31. The van der Waals surface area contributed by atoms with Crippen molar-refractivity contribution in [1.82, 2.24) is 15.5 Å². The maximum Gasteiger partial charge on any atom is 0.222 e. The summed E-state index contributed by atoms with van der Waals surface area (Å²) in [4.78, 5) is 18.2. The Kier molecular flexibility index (Phi) is 9.72. The van der Waals surface area contributed by atoms with E-state index in [0.29, 0.717) is 12.5 Å². The third-order valence-corrected chi connectivity index (χ3v) is 6.28. The van der Waals surface area contributed by atoms with E-state index in [4.69, 9.17) is 0 Å². The molecule has 29 heavy (non-hydrogen) atoms. The van der Waals surface area contributed by atoms with Crippen LogP contribution in [-0.4, -0.2) is 36.4 Å². The zero-order chi connectivity index (χ0) is 19.9. The molecular weight excluding hydrogens is 475 g/mol. The van der Waals surface area contributed by atoms with E-state index >= 15 is 0 Å². The van der Waals surface area contributed by atoms with Gasteiger partial charge in [-0.3, -0.25) is 9.79 Å². The standard InChI is InChI=1S/C23H36N4O.HI/c1-17(2)20-9-11-21(12-10-20)26-23(24-3)25-15-18-6-4-7-19(14-18)16-27-13-5-8-22(27)28;/h4,6-7,14,17,20-21H,5,8-13,15-16H2,1-3H3,(H2,24,25,26);1H. The summed E-state index contributed by atoms with van der Waals surface area (Å²) in [6, 6.07) is 9.03. The lowest BCUT2D eigenvalue weighted by Crippen LogP contribution is -2.44. The van der Waals surface area contributed by atoms with Crippen LogP contribution in [0.4, 0.5) is 0 Å². The predicted octanol–water partition coefficient (Wildman–Crippen LogP) is 4.31. The van der Waals surface area contributed by atoms with Crippen molar-refractivity contribution in [1.29, 1.82) is 0 Å². The van der Waals surface area contributed by atoms with Crippen molar-refractivity contribution in [2.45, 2.75) is 71.5 Å². The van der Waals surface area contributed by atoms with Crippen molar-refractivity contribution in [3.63, 3.8) is 0 Å². The highest BCUT2D eigenvalue weighted by molar-refractivity contribution is 14.0. The topological polar surface area (TPSA) is 56.7 Å². The van der Waals surface area contributed by atoms with Crippen LogP contribution in [0.2, 0.25) is 0 Å². The van der Waals surface area contributed by atoms with Crippen molar-refractivity contribution in [2.75, 3.05) is 13.6 Å². The van der Waals surface area contributed by atoms with Crippen molar-refractivity contribution >= 4 is 35.8 Å². The normalized spacial score (nSPS) is 22.6. The van der Waals surface area contributed by atoms with Crippen LogP contribution in [-0.2, 0) is 17.9 Å². The summed E-state index contributed by atoms with van der Waals surface area (Å²) >= 11 is 0. The summed E-state index contributed by atoms with van der Waals surface area (Å²) in [5, 5.41) is 7.06. The summed E-state index contributed by atoms with van der Waals surface area (Å²) in [7, 11) is 1.84. The molecule has 1 aromatic carbocycles. The van der Waals surface area contributed by atoms with Gasteiger partial charge in [0.2, 0.25) is 5.91 Å². The molecule has 1 aliphatic heterocycles. The summed E-state index contributed by atoms with van der Waals surface area (Å²) < 4.78 is 0. The van der Waals surface area contributed by atoms with Gasteiger partial charge in [0, 0.05) is 39.1 Å². The molecule has 1 aliphatic carbocycles. The third kappa shape index (κ3) is 7.15. The van der Waals surface area contributed by atoms with Crippen molar-refractivity contribution < 1.29 is 4.79 Å². The van der Waals surface area contributed by atoms with Crippen molar-refractivity contribution in [3.8, 4) is 0 Å². The van der Waals surface area contributed by atoms with Gasteiger partial charge >= 0.3 is 0 Å². The summed E-state index contributed by atoms with van der Waals surface area (Å²) in [5.41, 5.74) is 2.42. The number of halogens is 1. The molecule has 2 N–H and O–H groups in total. The Balaban J connectivity index is 0.00000300. The number of carbonyl (C=O) groups is 1. The Morgan fingerprint density at radius 2 is 1.93 bits per heavy atom. The molecule has 0 atom stereocenters. The fraction of sp³-hybridized carbons (Fsp3) is 0.652. The van der Waals surface area contributed by atoms with Crippen LogP contribution < -0.4 is 10.6 Å². The first kappa shape index (κ1) is 24.0. The molecule has 1 saturated heterocycles. The largest absolute Gasteiger partial charge is 0.354 e. The van der Waals surface area contributed by atoms with Crippen molar-refractivity contribution in [2.24, 2.45) is 16.8 Å². The van der Waals surface area contributed by atoms with E-state index < -0.39 is 0 Å². The number of likely N-dealkylation sites (tertiary alicyclic amines) is 1. The van der Waals surface area contributed by atoms with Gasteiger partial charge in [0.1, 0.15) is 0 Å². The number of benzene rings is 1. The number of nitrogens with zero attached hydrogens (tertiary/aromatic N) is 2. The Bertz CT molecular complexity index is 683. The minimum Gasteiger partial charge on any atom is -0.354 e. The van der Waals surface area contributed by atoms with Crippen LogP contribution in [0.1, 0.15) is 63.5 Å². The van der Waals surface area contributed by atoms with Crippen LogP contribution in [0.15, 0.2) is 29.3 Å². The average molecular weight is 512 g/mol. The molecule has 1 amide bonds. The molecule has 2 aliphatic rings. The molecule has 1 saturated carbocycles. The SMILES string of the molecule is CN=C(NCc1cccc(CN2CCCC2=O)c1)NC1CCC(C(C)C)CC1.I. The smallest absolute Gasteiger partial charge is 0.222 e. The van der Waals surface area contributed by atoms with E-state index in [1.54, 1.807) is 0 Å². The Morgan fingerprint density at radius 1 is 1.21 bits per heavy atom. The minimum atomic E-state index is 0. The molecule has 0 aromatic heterocycles. The van der Waals surface area contributed by atoms with E-state index in [-0.39, 0.29) is 29.9 Å². The second kappa shape index (κ2) is 11.8. The molecule has 0 bridgehead atoms. The van der Waals surface area contributed by atoms with Crippen LogP contribution in [0.5, 0.6) is 0 Å². The zero-order valence-electron chi connectivity index (χ0n) is 18.1. The minimum absolute atomic E-state index is 0. The summed E-state index contributed by atoms with van der Waals surface area (Å²) in [5.74, 6) is 2.83. The van der Waals surface area contributed by atoms with E-state index in [1.165, 1.54) is 36.8 Å². The molecule has 1 aromatic rings. The van der Waals surface area contributed by atoms with Gasteiger partial charge in [-0.05, 0) is 55.1 Å². The van der Waals surface area contributed by atoms with Crippen molar-refractivity contribution in [3.05, 3.63) is 35.4 Å². The number of guanidine groups is 1. The maximum absolute atomic E-state index is 11.9. The van der Waals surface area contributed by atoms with Gasteiger partial charge in [-0.15, -0.1) is 24.0 Å². The average Bonchev–Trinajstić information content (AvgIpc) is 3.10. The van der Waals surface area contributed by atoms with Crippen LogP contribution in [0.3, 0.4) is 0 Å². The second-order valence-electron chi connectivity index (χ2n) is 8.66. The number of rotatable bonds is 6. The number of hydrogen-bond donors (Lipinski definition) is 2. The van der Waals surface area contributed by atoms with Gasteiger partial charge in [0.05, 0.1) is 0 Å². The van der Waals surface area contributed by atoms with Gasteiger partial charge < -0.3 is 15.5 Å². The number of carbonyl (C=O) groups excluding carboxylic acids is 1. The first-order valence-corrected chi connectivity index (χ1v) is 10.9. The maximum atomic E-state index is 11.9. The number of amides is 1. The molecule has 5 nitrogen and oxygen atoms in total. The first-order valence-electron chi connectivity index (χ1n) is 10.9. The van der Waals surface area contributed by atoms with E-state index in [9.17, 15) is 4.79 Å². The van der Waals surface area contributed by atoms with E-state index in [1.807, 2.05) is 11.9 Å². The van der Waals surface area contributed by atoms with Gasteiger partial charge in [-0.1, -0.05) is 38.1 Å². The molecule has 0 unspecified atom stereocenters. The van der Waals surface area contributed by atoms with Gasteiger partial charge in [0.15, 0.2) is 5.96 Å². The molecule has 0 spiro atoms. The summed E-state index contributed by atoms with van der Waals surface area (Å²) in [6.07, 6.45) is 6.75. The van der Waals surface area contributed by atoms with Crippen LogP contribution in [0.25, 0.3) is 0 Å². The molecular formula is C23H37IN4O. The highest BCUT2D eigenvalue weighted by Gasteiger charge is 2.23. The molecule has 162 valence electrons. The first-order chi connectivity index (χ1) is 13.5. The molecule has 2 fully saturated rings. The highest BCUT2D eigenvalue weighted by Crippen LogP contribution is 2.29. The number of hydrogen-bond acceptors (Lipinski definition) is 2. The zero-order valence-corrected chi connectivity index (χ0v) is 20.4. The molecule has 1 heterocycles. The van der Waals surface area contributed by atoms with E-state index in [2.05, 4.69) is 53.7 Å². The lowest BCUT2D eigenvalue weighted by Gasteiger charge is -2.32. The van der Waals surface area contributed by atoms with Gasteiger partial charge in [-0.25, -0.2) is 0 Å². The number of nitrogens with one attached hydrogen (secondary N) is 2. The monoisotopic (exact) mass is 512 g/mol. The number of aliphatic imine (C=N–C) groups is 1. The van der Waals surface area contributed by atoms with E-state index in [0.717, 1.165) is 43.9 Å². The second-order valence-corrected chi connectivity index (χ2v) is 8.66. The Morgan fingerprint density at radius 3 is 2.55 bits per heavy atom. The Labute approximate surface area is 193 Å². The third-order valence-electron chi connectivity index (χ3n) is 6.28. The molecule has 0 radical (unpaired) electrons. The predicted molar refractivity (Wildman–Crippen MR) is 130 cm³/mol. The van der Waals surface area contributed by atoms with Gasteiger partial charge in [-0.2, -0.15) is 0 Å². The lowest BCUT2D eigenvalue weighted by atomic mass is 9.80. The van der Waals surface area contributed by atoms with Gasteiger partial charge in [0.25, 0.3) is 0 Å². The summed E-state index contributed by atoms with van der Waals surface area (Å²) in [6.45, 7) is 7.03. The van der Waals surface area contributed by atoms with Crippen LogP contribution >= 0.6 is 24.0 Å². The molecule has 6 heteroatoms. The lowest BCUT2D eigenvalue weighted by molar-refractivity contribution is -0.128. The quantitative estimate of drug-likeness (QED) is 0.340. The fourth-order valence-corrected chi connectivity index (χ4v) is 4.43. The molecule has 3 rings (SSSR count).